The van der Waals surface area contributed by atoms with Crippen LogP contribution >= 0.6 is 0 Å². The Balaban J connectivity index is 1.20. The molecule has 5 heteroatoms. The minimum Gasteiger partial charge on any atom is -0.456 e. The van der Waals surface area contributed by atoms with E-state index in [2.05, 4.69) is 140 Å². The Hall–Kier alpha value is -7.37. The topological polar surface area (TPSA) is 55.1 Å². The molecule has 0 unspecified atom stereocenters. The van der Waals surface area contributed by atoms with Crippen LogP contribution in [0.1, 0.15) is 25.0 Å². The third kappa shape index (κ3) is 5.42. The van der Waals surface area contributed by atoms with Gasteiger partial charge < -0.3 is 9.32 Å². The molecule has 0 radical (unpaired) electrons. The van der Waals surface area contributed by atoms with E-state index in [9.17, 15) is 0 Å². The van der Waals surface area contributed by atoms with Gasteiger partial charge in [-0.2, -0.15) is 0 Å². The lowest BCUT2D eigenvalue weighted by Gasteiger charge is -2.28. The van der Waals surface area contributed by atoms with Gasteiger partial charge >= 0.3 is 0 Å². The van der Waals surface area contributed by atoms with Crippen LogP contribution in [-0.2, 0) is 5.41 Å². The highest BCUT2D eigenvalue weighted by Crippen LogP contribution is 2.51. The molecule has 2 aromatic heterocycles. The summed E-state index contributed by atoms with van der Waals surface area (Å²) in [5, 5.41) is 4.23. The molecule has 0 aliphatic heterocycles. The summed E-state index contributed by atoms with van der Waals surface area (Å²) in [6.45, 7) is 4.65. The summed E-state index contributed by atoms with van der Waals surface area (Å²) >= 11 is 0. The molecule has 0 saturated heterocycles. The molecule has 0 amide bonds. The maximum atomic E-state index is 6.87. The molecular weight excluding hydrogens is 697 g/mol. The number of furan rings is 1. The zero-order valence-corrected chi connectivity index (χ0v) is 31.5. The summed E-state index contributed by atoms with van der Waals surface area (Å²) in [4.78, 5) is 17.9. The number of benzene rings is 8. The van der Waals surface area contributed by atoms with E-state index in [1.165, 1.54) is 22.3 Å². The first-order chi connectivity index (χ1) is 28.0. The summed E-state index contributed by atoms with van der Waals surface area (Å²) in [6, 6.07) is 63.7. The van der Waals surface area contributed by atoms with Gasteiger partial charge in [0.1, 0.15) is 11.2 Å². The Labute approximate surface area is 330 Å². The fourth-order valence-electron chi connectivity index (χ4n) is 8.67. The van der Waals surface area contributed by atoms with Crippen molar-refractivity contribution in [3.05, 3.63) is 193 Å². The van der Waals surface area contributed by atoms with Crippen LogP contribution in [0.5, 0.6) is 0 Å². The standard InChI is InChI=1S/C52H36N4O/c1-52(2)44-25-15-14-24-40(44)41-27-26-38(31-45(41)52)56(37-22-10-5-11-23-37)39-30-43(48-42-28-35-20-12-13-21-36(35)29-46(42)57-47(48)32-39)51-54-49(33-16-6-3-7-17-33)53-50(55-51)34-18-8-4-9-19-34/h3-32H,1-2H3. The van der Waals surface area contributed by atoms with Crippen molar-refractivity contribution in [2.45, 2.75) is 19.3 Å². The van der Waals surface area contributed by atoms with Gasteiger partial charge in [-0.1, -0.05) is 147 Å². The van der Waals surface area contributed by atoms with Crippen molar-refractivity contribution in [1.82, 2.24) is 15.0 Å². The van der Waals surface area contributed by atoms with E-state index in [0.29, 0.717) is 17.5 Å². The lowest BCUT2D eigenvalue weighted by Crippen LogP contribution is -2.16. The lowest BCUT2D eigenvalue weighted by atomic mass is 9.82. The third-order valence-electron chi connectivity index (χ3n) is 11.5. The molecule has 11 rings (SSSR count). The summed E-state index contributed by atoms with van der Waals surface area (Å²) in [5.74, 6) is 1.79. The van der Waals surface area contributed by atoms with Gasteiger partial charge in [0, 0.05) is 50.3 Å². The fraction of sp³-hybridized carbons (Fsp3) is 0.0577. The lowest BCUT2D eigenvalue weighted by molar-refractivity contribution is 0.660. The van der Waals surface area contributed by atoms with Crippen LogP contribution in [0.15, 0.2) is 186 Å². The number of aromatic nitrogens is 3. The minimum absolute atomic E-state index is 0.160. The van der Waals surface area contributed by atoms with Gasteiger partial charge in [-0.15, -0.1) is 0 Å². The first kappa shape index (κ1) is 33.0. The van der Waals surface area contributed by atoms with E-state index in [4.69, 9.17) is 19.4 Å². The van der Waals surface area contributed by atoms with E-state index in [1.807, 2.05) is 60.7 Å². The number of hydrogen-bond acceptors (Lipinski definition) is 5. The summed E-state index contributed by atoms with van der Waals surface area (Å²) in [7, 11) is 0. The number of nitrogens with zero attached hydrogens (tertiary/aromatic N) is 4. The molecule has 8 aromatic carbocycles. The van der Waals surface area contributed by atoms with E-state index >= 15 is 0 Å². The average molecular weight is 733 g/mol. The predicted molar refractivity (Wildman–Crippen MR) is 233 cm³/mol. The van der Waals surface area contributed by atoms with Gasteiger partial charge in [0.05, 0.1) is 5.69 Å². The molecule has 1 aliphatic carbocycles. The van der Waals surface area contributed by atoms with Crippen LogP contribution in [0.25, 0.3) is 78.0 Å². The molecule has 10 aromatic rings. The Kier molecular flexibility index (Phi) is 7.45. The van der Waals surface area contributed by atoms with Crippen LogP contribution in [0.4, 0.5) is 17.1 Å². The van der Waals surface area contributed by atoms with Gasteiger partial charge in [0.2, 0.25) is 0 Å². The van der Waals surface area contributed by atoms with Crippen molar-refractivity contribution >= 4 is 49.8 Å². The van der Waals surface area contributed by atoms with Crippen LogP contribution < -0.4 is 4.90 Å². The molecule has 57 heavy (non-hydrogen) atoms. The quantitative estimate of drug-likeness (QED) is 0.170. The third-order valence-corrected chi connectivity index (χ3v) is 11.5. The first-order valence-electron chi connectivity index (χ1n) is 19.4. The molecular formula is C52H36N4O. The molecule has 0 N–H and O–H groups in total. The molecule has 270 valence electrons. The molecule has 0 saturated carbocycles. The van der Waals surface area contributed by atoms with Crippen LogP contribution in [0.3, 0.4) is 0 Å². The number of hydrogen-bond donors (Lipinski definition) is 0. The summed E-state index contributed by atoms with van der Waals surface area (Å²) in [5.41, 5.74) is 12.4. The summed E-state index contributed by atoms with van der Waals surface area (Å²) < 4.78 is 6.87. The highest BCUT2D eigenvalue weighted by Gasteiger charge is 2.36. The molecule has 2 heterocycles. The highest BCUT2D eigenvalue weighted by molar-refractivity contribution is 6.16. The minimum atomic E-state index is -0.160. The smallest absolute Gasteiger partial charge is 0.164 e. The second-order valence-corrected chi connectivity index (χ2v) is 15.3. The molecule has 0 bridgehead atoms. The number of anilines is 3. The normalized spacial score (nSPS) is 12.9. The van der Waals surface area contributed by atoms with Crippen molar-refractivity contribution in [2.24, 2.45) is 0 Å². The Morgan fingerprint density at radius 1 is 0.421 bits per heavy atom. The van der Waals surface area contributed by atoms with Gasteiger partial charge in [-0.3, -0.25) is 0 Å². The van der Waals surface area contributed by atoms with E-state index in [0.717, 1.165) is 66.5 Å². The monoisotopic (exact) mass is 732 g/mol. The van der Waals surface area contributed by atoms with Crippen LogP contribution in [0.2, 0.25) is 0 Å². The van der Waals surface area contributed by atoms with Crippen LogP contribution in [0, 0.1) is 0 Å². The Morgan fingerprint density at radius 2 is 1.00 bits per heavy atom. The largest absolute Gasteiger partial charge is 0.456 e. The van der Waals surface area contributed by atoms with Gasteiger partial charge in [-0.25, -0.2) is 15.0 Å². The summed E-state index contributed by atoms with van der Waals surface area (Å²) in [6.07, 6.45) is 0. The molecule has 0 spiro atoms. The average Bonchev–Trinajstić information content (AvgIpc) is 3.74. The maximum absolute atomic E-state index is 6.87. The number of para-hydroxylation sites is 1. The Bertz CT molecular complexity index is 3100. The molecule has 1 aliphatic rings. The van der Waals surface area contributed by atoms with Crippen molar-refractivity contribution in [1.29, 1.82) is 0 Å². The van der Waals surface area contributed by atoms with Crippen molar-refractivity contribution < 1.29 is 4.42 Å². The second kappa shape index (κ2) is 12.9. The Morgan fingerprint density at radius 3 is 1.70 bits per heavy atom. The zero-order chi connectivity index (χ0) is 38.1. The maximum Gasteiger partial charge on any atom is 0.164 e. The molecule has 0 fully saturated rings. The van der Waals surface area contributed by atoms with Crippen molar-refractivity contribution in [2.75, 3.05) is 4.90 Å². The predicted octanol–water partition coefficient (Wildman–Crippen LogP) is 13.7. The molecule has 0 atom stereocenters. The zero-order valence-electron chi connectivity index (χ0n) is 31.5. The van der Waals surface area contributed by atoms with Crippen molar-refractivity contribution in [3.8, 4) is 45.3 Å². The fourth-order valence-corrected chi connectivity index (χ4v) is 8.67. The number of rotatable bonds is 6. The highest BCUT2D eigenvalue weighted by atomic mass is 16.3. The SMILES string of the molecule is CC1(C)c2ccccc2-c2ccc(N(c3ccccc3)c3cc(-c4nc(-c5ccccc5)nc(-c5ccccc5)n4)c4c(c3)oc3cc5ccccc5cc34)cc21. The van der Waals surface area contributed by atoms with Gasteiger partial charge in [0.25, 0.3) is 0 Å². The van der Waals surface area contributed by atoms with E-state index in [-0.39, 0.29) is 5.41 Å². The molecule has 5 nitrogen and oxygen atoms in total. The first-order valence-corrected chi connectivity index (χ1v) is 19.4. The van der Waals surface area contributed by atoms with Crippen LogP contribution in [-0.4, -0.2) is 15.0 Å². The van der Waals surface area contributed by atoms with Gasteiger partial charge in [-0.05, 0) is 75.5 Å². The van der Waals surface area contributed by atoms with E-state index in [1.54, 1.807) is 0 Å². The number of fused-ring (bicyclic) bond motifs is 7. The second-order valence-electron chi connectivity index (χ2n) is 15.3. The van der Waals surface area contributed by atoms with Gasteiger partial charge in [0.15, 0.2) is 17.5 Å². The van der Waals surface area contributed by atoms with Crippen molar-refractivity contribution in [3.63, 3.8) is 0 Å². The van der Waals surface area contributed by atoms with E-state index < -0.39 is 0 Å².